The number of carbonyl (C=O) groups is 1. The molecule has 1 heterocycles. The molecule has 5 nitrogen and oxygen atoms in total. The molecule has 2 aromatic carbocycles. The third-order valence-corrected chi connectivity index (χ3v) is 6.02. The van der Waals surface area contributed by atoms with Gasteiger partial charge in [0.1, 0.15) is 24.0 Å². The Morgan fingerprint density at radius 2 is 1.81 bits per heavy atom. The van der Waals surface area contributed by atoms with Crippen LogP contribution < -0.4 is 5.43 Å². The fraction of sp³-hybridized carbons (Fsp3) is 0.320. The van der Waals surface area contributed by atoms with Gasteiger partial charge in [0.25, 0.3) is 0 Å². The third-order valence-electron chi connectivity index (χ3n) is 6.02. The normalized spacial score (nSPS) is 14.3. The van der Waals surface area contributed by atoms with Crippen LogP contribution in [-0.4, -0.2) is 21.4 Å². The van der Waals surface area contributed by atoms with Gasteiger partial charge in [-0.05, 0) is 42.7 Å². The van der Waals surface area contributed by atoms with Gasteiger partial charge in [-0.1, -0.05) is 43.5 Å². The van der Waals surface area contributed by atoms with Crippen LogP contribution in [0.4, 0.5) is 4.39 Å². The molecule has 6 heteroatoms. The van der Waals surface area contributed by atoms with E-state index in [-0.39, 0.29) is 35.3 Å². The van der Waals surface area contributed by atoms with Crippen molar-refractivity contribution in [2.24, 2.45) is 0 Å². The Bertz CT molecular complexity index is 1190. The number of aromatic nitrogens is 1. The molecule has 1 aliphatic rings. The van der Waals surface area contributed by atoms with Crippen LogP contribution in [0.15, 0.2) is 59.5 Å². The van der Waals surface area contributed by atoms with Crippen molar-refractivity contribution in [3.8, 4) is 6.07 Å². The highest BCUT2D eigenvalue weighted by Crippen LogP contribution is 2.25. The minimum absolute atomic E-state index is 0.0225. The molecular formula is C25H24FN3O2. The Balaban J connectivity index is 1.67. The van der Waals surface area contributed by atoms with Gasteiger partial charge < -0.3 is 9.47 Å². The summed E-state index contributed by atoms with van der Waals surface area (Å²) in [6.07, 6.45) is 6.70. The largest absolute Gasteiger partial charge is 0.336 e. The van der Waals surface area contributed by atoms with Crippen molar-refractivity contribution in [3.63, 3.8) is 0 Å². The van der Waals surface area contributed by atoms with E-state index in [1.807, 2.05) is 17.0 Å². The molecule has 1 fully saturated rings. The van der Waals surface area contributed by atoms with Gasteiger partial charge in [-0.15, -0.1) is 0 Å². The quantitative estimate of drug-likeness (QED) is 0.619. The van der Waals surface area contributed by atoms with Crippen molar-refractivity contribution in [3.05, 3.63) is 81.9 Å². The first-order valence-electron chi connectivity index (χ1n) is 10.6. The van der Waals surface area contributed by atoms with Crippen LogP contribution in [0.2, 0.25) is 0 Å². The molecule has 1 aliphatic carbocycles. The number of hydrogen-bond donors (Lipinski definition) is 0. The van der Waals surface area contributed by atoms with E-state index in [1.54, 1.807) is 34.9 Å². The number of hydrogen-bond acceptors (Lipinski definition) is 3. The number of halogens is 1. The van der Waals surface area contributed by atoms with Crippen LogP contribution in [0.5, 0.6) is 0 Å². The predicted octanol–water partition coefficient (Wildman–Crippen LogP) is 4.37. The van der Waals surface area contributed by atoms with E-state index in [9.17, 15) is 19.2 Å². The van der Waals surface area contributed by atoms with E-state index >= 15 is 0 Å². The summed E-state index contributed by atoms with van der Waals surface area (Å²) in [4.78, 5) is 27.8. The standard InChI is InChI=1S/C25H24FN3O2/c26-20-12-10-18(11-13-20)15-29(21-6-2-1-3-7-21)24(30)17-28-16-19(14-27)25(31)22-8-4-5-9-23(22)28/h4-5,8-13,16,21H,1-3,6-7,15,17H2. The van der Waals surface area contributed by atoms with Crippen LogP contribution in [0.1, 0.15) is 43.2 Å². The number of rotatable bonds is 5. The number of nitriles is 1. The summed E-state index contributed by atoms with van der Waals surface area (Å²) in [7, 11) is 0. The lowest BCUT2D eigenvalue weighted by molar-refractivity contribution is -0.135. The van der Waals surface area contributed by atoms with E-state index in [1.165, 1.54) is 24.8 Å². The Hall–Kier alpha value is -3.46. The maximum Gasteiger partial charge on any atom is 0.243 e. The van der Waals surface area contributed by atoms with Crippen molar-refractivity contribution in [1.82, 2.24) is 9.47 Å². The van der Waals surface area contributed by atoms with Crippen molar-refractivity contribution in [1.29, 1.82) is 5.26 Å². The molecule has 0 radical (unpaired) electrons. The second-order valence-corrected chi connectivity index (χ2v) is 8.07. The van der Waals surface area contributed by atoms with Crippen LogP contribution in [0.3, 0.4) is 0 Å². The minimum Gasteiger partial charge on any atom is -0.336 e. The van der Waals surface area contributed by atoms with Crippen LogP contribution in [0, 0.1) is 17.1 Å². The van der Waals surface area contributed by atoms with Gasteiger partial charge in [-0.3, -0.25) is 9.59 Å². The van der Waals surface area contributed by atoms with E-state index in [0.29, 0.717) is 17.4 Å². The van der Waals surface area contributed by atoms with Gasteiger partial charge in [-0.25, -0.2) is 4.39 Å². The molecule has 0 N–H and O–H groups in total. The molecule has 0 saturated heterocycles. The van der Waals surface area contributed by atoms with E-state index in [2.05, 4.69) is 0 Å². The molecule has 0 bridgehead atoms. The maximum atomic E-state index is 13.5. The SMILES string of the molecule is N#Cc1cn(CC(=O)N(Cc2ccc(F)cc2)C2CCCCC2)c2ccccc2c1=O. The average Bonchev–Trinajstić information content (AvgIpc) is 2.81. The summed E-state index contributed by atoms with van der Waals surface area (Å²) in [6.45, 7) is 0.445. The Labute approximate surface area is 180 Å². The molecular weight excluding hydrogens is 393 g/mol. The second kappa shape index (κ2) is 9.13. The summed E-state index contributed by atoms with van der Waals surface area (Å²) in [5.41, 5.74) is 1.21. The lowest BCUT2D eigenvalue weighted by Crippen LogP contribution is -2.42. The van der Waals surface area contributed by atoms with Gasteiger partial charge in [0.05, 0.1) is 5.52 Å². The highest BCUT2D eigenvalue weighted by Gasteiger charge is 2.26. The van der Waals surface area contributed by atoms with Gasteiger partial charge in [0, 0.05) is 24.2 Å². The molecule has 0 spiro atoms. The number of nitrogens with zero attached hydrogens (tertiary/aromatic N) is 3. The predicted molar refractivity (Wildman–Crippen MR) is 117 cm³/mol. The number of para-hydroxylation sites is 1. The molecule has 31 heavy (non-hydrogen) atoms. The highest BCUT2D eigenvalue weighted by molar-refractivity contribution is 5.83. The van der Waals surface area contributed by atoms with Crippen molar-refractivity contribution >= 4 is 16.8 Å². The smallest absolute Gasteiger partial charge is 0.243 e. The molecule has 0 atom stereocenters. The highest BCUT2D eigenvalue weighted by atomic mass is 19.1. The fourth-order valence-electron chi connectivity index (χ4n) is 4.39. The van der Waals surface area contributed by atoms with Crippen LogP contribution in [-0.2, 0) is 17.9 Å². The van der Waals surface area contributed by atoms with Crippen LogP contribution in [0.25, 0.3) is 10.9 Å². The number of amides is 1. The van der Waals surface area contributed by atoms with Crippen molar-refractivity contribution in [2.45, 2.75) is 51.2 Å². The lowest BCUT2D eigenvalue weighted by atomic mass is 9.93. The summed E-state index contributed by atoms with van der Waals surface area (Å²) < 4.78 is 15.0. The van der Waals surface area contributed by atoms with Crippen molar-refractivity contribution < 1.29 is 9.18 Å². The van der Waals surface area contributed by atoms with Gasteiger partial charge in [-0.2, -0.15) is 5.26 Å². The molecule has 1 saturated carbocycles. The summed E-state index contributed by atoms with van der Waals surface area (Å²) in [5.74, 6) is -0.378. The first-order chi connectivity index (χ1) is 15.1. The first kappa shape index (κ1) is 20.8. The average molecular weight is 417 g/mol. The number of carbonyl (C=O) groups excluding carboxylic acids is 1. The zero-order chi connectivity index (χ0) is 21.8. The second-order valence-electron chi connectivity index (χ2n) is 8.07. The summed E-state index contributed by atoms with van der Waals surface area (Å²) >= 11 is 0. The summed E-state index contributed by atoms with van der Waals surface area (Å²) in [5, 5.41) is 9.81. The zero-order valence-electron chi connectivity index (χ0n) is 17.3. The molecule has 4 rings (SSSR count). The van der Waals surface area contributed by atoms with Crippen molar-refractivity contribution in [2.75, 3.05) is 0 Å². The molecule has 0 unspecified atom stereocenters. The molecule has 3 aromatic rings. The van der Waals surface area contributed by atoms with Gasteiger partial charge >= 0.3 is 0 Å². The monoisotopic (exact) mass is 417 g/mol. The van der Waals surface area contributed by atoms with E-state index in [4.69, 9.17) is 0 Å². The maximum absolute atomic E-state index is 13.5. The van der Waals surface area contributed by atoms with Crippen LogP contribution >= 0.6 is 0 Å². The summed E-state index contributed by atoms with van der Waals surface area (Å²) in [6, 6.07) is 15.3. The van der Waals surface area contributed by atoms with E-state index in [0.717, 1.165) is 31.2 Å². The number of pyridine rings is 1. The molecule has 0 aliphatic heterocycles. The zero-order valence-corrected chi connectivity index (χ0v) is 17.3. The third kappa shape index (κ3) is 4.51. The first-order valence-corrected chi connectivity index (χ1v) is 10.6. The molecule has 158 valence electrons. The number of benzene rings is 2. The topological polar surface area (TPSA) is 66.1 Å². The van der Waals surface area contributed by atoms with E-state index < -0.39 is 0 Å². The van der Waals surface area contributed by atoms with Gasteiger partial charge in [0.2, 0.25) is 11.3 Å². The Morgan fingerprint density at radius 1 is 1.10 bits per heavy atom. The Kier molecular flexibility index (Phi) is 6.13. The van der Waals surface area contributed by atoms with Gasteiger partial charge in [0.15, 0.2) is 0 Å². The molecule has 1 aromatic heterocycles. The number of fused-ring (bicyclic) bond motifs is 1. The Morgan fingerprint density at radius 3 is 2.52 bits per heavy atom. The fourth-order valence-corrected chi connectivity index (χ4v) is 4.39. The lowest BCUT2D eigenvalue weighted by Gasteiger charge is -2.35. The molecule has 1 amide bonds. The minimum atomic E-state index is -0.322.